The molecule has 8 heteroatoms. The van der Waals surface area contributed by atoms with E-state index in [9.17, 15) is 0 Å². The molecule has 0 aliphatic heterocycles. The van der Waals surface area contributed by atoms with Crippen LogP contribution in [0.5, 0.6) is 17.8 Å². The molecule has 5 nitrogen and oxygen atoms in total. The van der Waals surface area contributed by atoms with Gasteiger partial charge in [0.05, 0.1) is 23.4 Å². The number of hydrogen-bond donors (Lipinski definition) is 0. The molecule has 2 aromatic heterocycles. The Labute approximate surface area is 188 Å². The first-order chi connectivity index (χ1) is 14.5. The normalized spacial score (nSPS) is 10.7. The Kier molecular flexibility index (Phi) is 6.04. The van der Waals surface area contributed by atoms with Crippen molar-refractivity contribution < 1.29 is 9.47 Å². The van der Waals surface area contributed by atoms with Crippen molar-refractivity contribution in [3.63, 3.8) is 0 Å². The van der Waals surface area contributed by atoms with Gasteiger partial charge in [0.15, 0.2) is 0 Å². The zero-order chi connectivity index (χ0) is 21.1. The summed E-state index contributed by atoms with van der Waals surface area (Å²) in [6.07, 6.45) is 1.63. The summed E-state index contributed by atoms with van der Waals surface area (Å²) in [5, 5.41) is 1.55. The van der Waals surface area contributed by atoms with Gasteiger partial charge in [0.25, 0.3) is 0 Å². The maximum atomic E-state index is 6.50. The molecule has 4 rings (SSSR count). The van der Waals surface area contributed by atoms with E-state index in [-0.39, 0.29) is 11.9 Å². The number of ether oxygens (including phenoxy) is 2. The lowest BCUT2D eigenvalue weighted by Gasteiger charge is -2.16. The third-order valence-corrected chi connectivity index (χ3v) is 5.00. The molecule has 0 fully saturated rings. The average Bonchev–Trinajstić information content (AvgIpc) is 2.75. The monoisotopic (exact) mass is 457 g/mol. The number of hydrogen-bond acceptors (Lipinski definition) is 5. The Morgan fingerprint density at radius 1 is 0.833 bits per heavy atom. The van der Waals surface area contributed by atoms with Gasteiger partial charge >= 0.3 is 6.01 Å². The summed E-state index contributed by atoms with van der Waals surface area (Å²) >= 11 is 18.7. The van der Waals surface area contributed by atoms with Crippen molar-refractivity contribution in [3.8, 4) is 40.2 Å². The lowest BCUT2D eigenvalue weighted by Crippen LogP contribution is -2.02. The predicted molar refractivity (Wildman–Crippen MR) is 119 cm³/mol. The molecule has 4 aromatic rings. The fraction of sp³-hybridized carbons (Fsp3) is 0.0455. The molecule has 30 heavy (non-hydrogen) atoms. The van der Waals surface area contributed by atoms with E-state index in [1.165, 1.54) is 7.11 Å². The van der Waals surface area contributed by atoms with Crippen LogP contribution in [0.1, 0.15) is 0 Å². The molecule has 2 aromatic carbocycles. The maximum Gasteiger partial charge on any atom is 0.320 e. The van der Waals surface area contributed by atoms with Crippen LogP contribution in [-0.4, -0.2) is 22.1 Å². The number of halogens is 3. The minimum Gasteiger partial charge on any atom is -0.467 e. The summed E-state index contributed by atoms with van der Waals surface area (Å²) in [6.45, 7) is 0. The van der Waals surface area contributed by atoms with Gasteiger partial charge in [-0.15, -0.1) is 0 Å². The SMILES string of the molecule is COc1nc(Oc2ccccn2)c(-c2ccc(Cl)cc2)c(-c2ccc(Cl)cc2Cl)n1. The van der Waals surface area contributed by atoms with Crippen molar-refractivity contribution >= 4 is 34.8 Å². The van der Waals surface area contributed by atoms with Crippen molar-refractivity contribution in [1.29, 1.82) is 0 Å². The van der Waals surface area contributed by atoms with Crippen molar-refractivity contribution in [2.75, 3.05) is 7.11 Å². The predicted octanol–water partition coefficient (Wildman–Crippen LogP) is 6.97. The van der Waals surface area contributed by atoms with Gasteiger partial charge < -0.3 is 9.47 Å². The van der Waals surface area contributed by atoms with E-state index in [1.807, 2.05) is 18.2 Å². The van der Waals surface area contributed by atoms with Crippen molar-refractivity contribution in [1.82, 2.24) is 15.0 Å². The second kappa shape index (κ2) is 8.88. The molecular weight excluding hydrogens is 445 g/mol. The third-order valence-electron chi connectivity index (χ3n) is 4.20. The highest BCUT2D eigenvalue weighted by molar-refractivity contribution is 6.36. The average molecular weight is 459 g/mol. The summed E-state index contributed by atoms with van der Waals surface area (Å²) in [6, 6.07) is 17.9. The van der Waals surface area contributed by atoms with Crippen molar-refractivity contribution in [3.05, 3.63) is 81.9 Å². The molecule has 0 atom stereocenters. The summed E-state index contributed by atoms with van der Waals surface area (Å²) in [5.41, 5.74) is 2.57. The molecule has 0 aliphatic carbocycles. The fourth-order valence-corrected chi connectivity index (χ4v) is 3.47. The minimum atomic E-state index is 0.125. The Balaban J connectivity index is 1.99. The molecule has 150 valence electrons. The zero-order valence-corrected chi connectivity index (χ0v) is 17.9. The molecule has 0 aliphatic rings. The van der Waals surface area contributed by atoms with Gasteiger partial charge in [0.1, 0.15) is 0 Å². The standard InChI is InChI=1S/C22H14Cl3N3O2/c1-29-22-27-20(16-10-9-15(24)12-17(16)25)19(13-5-7-14(23)8-6-13)21(28-22)30-18-4-2-3-11-26-18/h2-12H,1H3. The molecule has 0 spiro atoms. The van der Waals surface area contributed by atoms with Gasteiger partial charge in [-0.3, -0.25) is 0 Å². The summed E-state index contributed by atoms with van der Waals surface area (Å²) in [4.78, 5) is 13.2. The molecule has 0 unspecified atom stereocenters. The van der Waals surface area contributed by atoms with Crippen LogP contribution in [0, 0.1) is 0 Å². The minimum absolute atomic E-state index is 0.125. The second-order valence-corrected chi connectivity index (χ2v) is 7.42. The number of benzene rings is 2. The number of methoxy groups -OCH3 is 1. The van der Waals surface area contributed by atoms with Gasteiger partial charge in [0.2, 0.25) is 11.8 Å². The number of aromatic nitrogens is 3. The smallest absolute Gasteiger partial charge is 0.320 e. The van der Waals surface area contributed by atoms with Crippen LogP contribution in [0.4, 0.5) is 0 Å². The van der Waals surface area contributed by atoms with E-state index in [0.717, 1.165) is 5.56 Å². The highest BCUT2D eigenvalue weighted by Crippen LogP contribution is 2.42. The number of nitrogens with zero attached hydrogens (tertiary/aromatic N) is 3. The van der Waals surface area contributed by atoms with E-state index < -0.39 is 0 Å². The largest absolute Gasteiger partial charge is 0.467 e. The number of rotatable bonds is 5. The van der Waals surface area contributed by atoms with E-state index in [2.05, 4.69) is 15.0 Å². The van der Waals surface area contributed by atoms with Crippen LogP contribution in [0.2, 0.25) is 15.1 Å². The van der Waals surface area contributed by atoms with Crippen molar-refractivity contribution in [2.24, 2.45) is 0 Å². The van der Waals surface area contributed by atoms with Crippen LogP contribution in [0.3, 0.4) is 0 Å². The van der Waals surface area contributed by atoms with Gasteiger partial charge in [-0.25, -0.2) is 4.98 Å². The Morgan fingerprint density at radius 3 is 2.27 bits per heavy atom. The second-order valence-electron chi connectivity index (χ2n) is 6.14. The van der Waals surface area contributed by atoms with Crippen LogP contribution < -0.4 is 9.47 Å². The van der Waals surface area contributed by atoms with Gasteiger partial charge in [-0.1, -0.05) is 53.0 Å². The highest BCUT2D eigenvalue weighted by Gasteiger charge is 2.22. The first-order valence-corrected chi connectivity index (χ1v) is 9.95. The molecule has 0 N–H and O–H groups in total. The van der Waals surface area contributed by atoms with E-state index in [0.29, 0.717) is 37.8 Å². The van der Waals surface area contributed by atoms with Crippen LogP contribution in [0.25, 0.3) is 22.4 Å². The van der Waals surface area contributed by atoms with Gasteiger partial charge in [-0.2, -0.15) is 9.97 Å². The molecular formula is C22H14Cl3N3O2. The molecule has 0 saturated carbocycles. The molecule has 2 heterocycles. The van der Waals surface area contributed by atoms with Gasteiger partial charge in [-0.05, 0) is 42.0 Å². The van der Waals surface area contributed by atoms with Crippen molar-refractivity contribution in [2.45, 2.75) is 0 Å². The molecule has 0 saturated heterocycles. The number of pyridine rings is 1. The Bertz CT molecular complexity index is 1190. The summed E-state index contributed by atoms with van der Waals surface area (Å²) in [7, 11) is 1.48. The maximum absolute atomic E-state index is 6.50. The molecule has 0 radical (unpaired) electrons. The Morgan fingerprint density at radius 2 is 1.60 bits per heavy atom. The van der Waals surface area contributed by atoms with Crippen LogP contribution in [-0.2, 0) is 0 Å². The van der Waals surface area contributed by atoms with Crippen LogP contribution >= 0.6 is 34.8 Å². The van der Waals surface area contributed by atoms with E-state index >= 15 is 0 Å². The quantitative estimate of drug-likeness (QED) is 0.323. The first-order valence-electron chi connectivity index (χ1n) is 8.81. The zero-order valence-electron chi connectivity index (χ0n) is 15.6. The highest BCUT2D eigenvalue weighted by atomic mass is 35.5. The first kappa shape index (κ1) is 20.4. The molecule has 0 bridgehead atoms. The van der Waals surface area contributed by atoms with Crippen LogP contribution in [0.15, 0.2) is 66.9 Å². The molecule has 0 amide bonds. The summed E-state index contributed by atoms with van der Waals surface area (Å²) < 4.78 is 11.3. The lowest BCUT2D eigenvalue weighted by atomic mass is 10.00. The Hall–Kier alpha value is -2.86. The lowest BCUT2D eigenvalue weighted by molar-refractivity contribution is 0.365. The fourth-order valence-electron chi connectivity index (χ4n) is 2.85. The topological polar surface area (TPSA) is 57.1 Å². The van der Waals surface area contributed by atoms with Gasteiger partial charge in [0, 0.05) is 27.9 Å². The summed E-state index contributed by atoms with van der Waals surface area (Å²) in [5.74, 6) is 0.644. The van der Waals surface area contributed by atoms with E-state index in [4.69, 9.17) is 44.3 Å². The van der Waals surface area contributed by atoms with E-state index in [1.54, 1.807) is 48.7 Å². The third kappa shape index (κ3) is 4.33.